The van der Waals surface area contributed by atoms with E-state index in [-0.39, 0.29) is 18.4 Å². The van der Waals surface area contributed by atoms with Gasteiger partial charge in [0.2, 0.25) is 11.8 Å². The van der Waals surface area contributed by atoms with E-state index in [9.17, 15) is 14.7 Å². The van der Waals surface area contributed by atoms with Crippen LogP contribution in [0.4, 0.5) is 5.69 Å². The Balaban J connectivity index is 1.77. The van der Waals surface area contributed by atoms with E-state index in [0.717, 1.165) is 5.56 Å². The Hall–Kier alpha value is -1.69. The van der Waals surface area contributed by atoms with Gasteiger partial charge < -0.3 is 9.84 Å². The quantitative estimate of drug-likeness (QED) is 0.662. The summed E-state index contributed by atoms with van der Waals surface area (Å²) in [6.07, 6.45) is 3.02. The van der Waals surface area contributed by atoms with Gasteiger partial charge >= 0.3 is 0 Å². The second kappa shape index (κ2) is 4.41. The van der Waals surface area contributed by atoms with Gasteiger partial charge in [-0.3, -0.25) is 9.59 Å². The molecule has 0 aromatic heterocycles. The zero-order valence-corrected chi connectivity index (χ0v) is 12.6. The highest BCUT2D eigenvalue weighted by Crippen LogP contribution is 2.52. The zero-order chi connectivity index (χ0) is 15.6. The molecule has 0 spiro atoms. The van der Waals surface area contributed by atoms with Crippen molar-refractivity contribution in [3.8, 4) is 0 Å². The summed E-state index contributed by atoms with van der Waals surface area (Å²) in [6.45, 7) is 1.54. The first-order valence-corrected chi connectivity index (χ1v) is 7.48. The molecule has 2 amide bonds. The Morgan fingerprint density at radius 3 is 2.82 bits per heavy atom. The van der Waals surface area contributed by atoms with Gasteiger partial charge in [-0.15, -0.1) is 0 Å². The van der Waals surface area contributed by atoms with Gasteiger partial charge in [-0.25, -0.2) is 4.90 Å². The Bertz CT molecular complexity index is 731. The topological polar surface area (TPSA) is 66.8 Å². The van der Waals surface area contributed by atoms with E-state index in [4.69, 9.17) is 16.3 Å². The molecule has 1 aromatic rings. The molecule has 5 nitrogen and oxygen atoms in total. The maximum Gasteiger partial charge on any atom is 0.241 e. The van der Waals surface area contributed by atoms with Crippen LogP contribution in [0.3, 0.4) is 0 Å². The van der Waals surface area contributed by atoms with Crippen molar-refractivity contribution in [3.05, 3.63) is 40.9 Å². The smallest absolute Gasteiger partial charge is 0.241 e. The molecule has 0 aliphatic carbocycles. The highest BCUT2D eigenvalue weighted by Gasteiger charge is 2.67. The zero-order valence-electron chi connectivity index (χ0n) is 11.8. The first-order valence-electron chi connectivity index (χ1n) is 7.10. The van der Waals surface area contributed by atoms with Crippen LogP contribution in [0.2, 0.25) is 5.02 Å². The number of aryl methyl sites for hydroxylation is 1. The third-order valence-electron chi connectivity index (χ3n) is 4.82. The molecule has 2 fully saturated rings. The summed E-state index contributed by atoms with van der Waals surface area (Å²) in [7, 11) is 0. The number of nitrogens with zero attached hydrogens (tertiary/aromatic N) is 1. The Morgan fingerprint density at radius 1 is 1.36 bits per heavy atom. The molecule has 114 valence electrons. The van der Waals surface area contributed by atoms with Crippen LogP contribution in [0.1, 0.15) is 5.56 Å². The molecule has 0 saturated carbocycles. The third-order valence-corrected chi connectivity index (χ3v) is 5.22. The van der Waals surface area contributed by atoms with Gasteiger partial charge in [-0.05, 0) is 24.6 Å². The fourth-order valence-electron chi connectivity index (χ4n) is 3.66. The predicted molar refractivity (Wildman–Crippen MR) is 79.5 cm³/mol. The lowest BCUT2D eigenvalue weighted by molar-refractivity contribution is -0.128. The molecule has 4 rings (SSSR count). The maximum absolute atomic E-state index is 12.8. The summed E-state index contributed by atoms with van der Waals surface area (Å²) in [6, 6.07) is 5.10. The number of aliphatic hydroxyl groups excluding tert-OH is 1. The standard InChI is InChI=1S/C16H14ClNO4/c1-8-2-3-9(6-10(8)17)18-14(20)12-11-4-5-16(7-19,22-11)13(12)15(18)21/h2-6,11-13,19H,7H2,1H3/t11-,12-,13+,16+/m1/s1. The molecule has 3 aliphatic rings. The number of benzene rings is 1. The number of carbonyl (C=O) groups excluding carboxylic acids is 2. The number of hydrogen-bond donors (Lipinski definition) is 1. The lowest BCUT2D eigenvalue weighted by Crippen LogP contribution is -2.43. The second-order valence-corrected chi connectivity index (χ2v) is 6.41. The highest BCUT2D eigenvalue weighted by atomic mass is 35.5. The summed E-state index contributed by atoms with van der Waals surface area (Å²) >= 11 is 6.11. The number of amides is 2. The largest absolute Gasteiger partial charge is 0.393 e. The molecule has 3 aliphatic heterocycles. The Morgan fingerprint density at radius 2 is 2.14 bits per heavy atom. The fraction of sp³-hybridized carbons (Fsp3) is 0.375. The average Bonchev–Trinajstić information content (AvgIpc) is 3.14. The van der Waals surface area contributed by atoms with Gasteiger partial charge in [0.1, 0.15) is 5.60 Å². The van der Waals surface area contributed by atoms with Gasteiger partial charge in [0.05, 0.1) is 30.2 Å². The molecule has 2 bridgehead atoms. The number of anilines is 1. The van der Waals surface area contributed by atoms with Crippen LogP contribution in [0, 0.1) is 18.8 Å². The van der Waals surface area contributed by atoms with E-state index in [1.165, 1.54) is 4.90 Å². The summed E-state index contributed by atoms with van der Waals surface area (Å²) in [5, 5.41) is 10.2. The van der Waals surface area contributed by atoms with Crippen molar-refractivity contribution in [3.63, 3.8) is 0 Å². The van der Waals surface area contributed by atoms with Crippen molar-refractivity contribution >= 4 is 29.1 Å². The number of halogens is 1. The van der Waals surface area contributed by atoms with Crippen molar-refractivity contribution in [2.24, 2.45) is 11.8 Å². The van der Waals surface area contributed by atoms with Crippen molar-refractivity contribution in [2.75, 3.05) is 11.5 Å². The molecule has 22 heavy (non-hydrogen) atoms. The van der Waals surface area contributed by atoms with Gasteiger partial charge in [-0.2, -0.15) is 0 Å². The molecule has 0 radical (unpaired) electrons. The van der Waals surface area contributed by atoms with Crippen LogP contribution in [0.5, 0.6) is 0 Å². The lowest BCUT2D eigenvalue weighted by Gasteiger charge is -2.26. The summed E-state index contributed by atoms with van der Waals surface area (Å²) < 4.78 is 5.69. The maximum atomic E-state index is 12.8. The lowest BCUT2D eigenvalue weighted by atomic mass is 9.77. The first-order chi connectivity index (χ1) is 10.5. The number of imide groups is 1. The SMILES string of the molecule is Cc1ccc(N2C(=O)[C@H]3[C@@H](C2=O)[C@@]2(CO)C=C[C@H]3O2)cc1Cl. The van der Waals surface area contributed by atoms with Crippen LogP contribution in [-0.2, 0) is 14.3 Å². The van der Waals surface area contributed by atoms with Crippen molar-refractivity contribution in [2.45, 2.75) is 18.6 Å². The highest BCUT2D eigenvalue weighted by molar-refractivity contribution is 6.32. The van der Waals surface area contributed by atoms with E-state index < -0.39 is 23.5 Å². The molecule has 2 saturated heterocycles. The summed E-state index contributed by atoms with van der Waals surface area (Å²) in [5.74, 6) is -1.86. The number of rotatable bonds is 2. The van der Waals surface area contributed by atoms with E-state index >= 15 is 0 Å². The molecule has 4 atom stereocenters. The van der Waals surface area contributed by atoms with E-state index in [1.54, 1.807) is 30.4 Å². The summed E-state index contributed by atoms with van der Waals surface area (Å²) in [5.41, 5.74) is 0.278. The van der Waals surface area contributed by atoms with Crippen LogP contribution in [-0.4, -0.2) is 35.2 Å². The molecule has 1 N–H and O–H groups in total. The molecule has 0 unspecified atom stereocenters. The number of aliphatic hydroxyl groups is 1. The second-order valence-electron chi connectivity index (χ2n) is 6.00. The van der Waals surface area contributed by atoms with Gasteiger partial charge in [0, 0.05) is 5.02 Å². The van der Waals surface area contributed by atoms with Crippen LogP contribution in [0.15, 0.2) is 30.4 Å². The minimum Gasteiger partial charge on any atom is -0.393 e. The van der Waals surface area contributed by atoms with Gasteiger partial charge in [0.25, 0.3) is 0 Å². The van der Waals surface area contributed by atoms with Crippen molar-refractivity contribution < 1.29 is 19.4 Å². The predicted octanol–water partition coefficient (Wildman–Crippen LogP) is 1.45. The third kappa shape index (κ3) is 1.56. The Labute approximate surface area is 132 Å². The van der Waals surface area contributed by atoms with Crippen LogP contribution in [0.25, 0.3) is 0 Å². The van der Waals surface area contributed by atoms with Crippen LogP contribution >= 0.6 is 11.6 Å². The minimum absolute atomic E-state index is 0.292. The van der Waals surface area contributed by atoms with Gasteiger partial charge in [-0.1, -0.05) is 29.8 Å². The monoisotopic (exact) mass is 319 g/mol. The molecule has 3 heterocycles. The van der Waals surface area contributed by atoms with Crippen molar-refractivity contribution in [1.82, 2.24) is 0 Å². The number of carbonyl (C=O) groups is 2. The number of fused-ring (bicyclic) bond motifs is 5. The molecular formula is C16H14ClNO4. The van der Waals surface area contributed by atoms with E-state index in [0.29, 0.717) is 10.7 Å². The van der Waals surface area contributed by atoms with E-state index in [1.807, 2.05) is 6.92 Å². The fourth-order valence-corrected chi connectivity index (χ4v) is 3.83. The Kier molecular flexibility index (Phi) is 2.79. The van der Waals surface area contributed by atoms with Crippen molar-refractivity contribution in [1.29, 1.82) is 0 Å². The minimum atomic E-state index is -1.06. The average molecular weight is 320 g/mol. The van der Waals surface area contributed by atoms with E-state index in [2.05, 4.69) is 0 Å². The first kappa shape index (κ1) is 13.9. The van der Waals surface area contributed by atoms with Crippen LogP contribution < -0.4 is 4.90 Å². The normalized spacial score (nSPS) is 35.6. The molecule has 1 aromatic carbocycles. The molecule has 6 heteroatoms. The number of ether oxygens (including phenoxy) is 1. The summed E-state index contributed by atoms with van der Waals surface area (Å²) in [4.78, 5) is 26.7. The molecular weight excluding hydrogens is 306 g/mol. The number of hydrogen-bond acceptors (Lipinski definition) is 4. The van der Waals surface area contributed by atoms with Gasteiger partial charge in [0.15, 0.2) is 0 Å².